The molecule has 1 fully saturated rings. The molecular weight excluding hydrogens is 224 g/mol. The van der Waals surface area contributed by atoms with Crippen LogP contribution in [0.5, 0.6) is 0 Å². The maximum Gasteiger partial charge on any atom is 0.308 e. The van der Waals surface area contributed by atoms with Crippen molar-refractivity contribution >= 4 is 17.6 Å². The average Bonchev–Trinajstić information content (AvgIpc) is 2.19. The van der Waals surface area contributed by atoms with Crippen LogP contribution < -0.4 is 0 Å². The van der Waals surface area contributed by atoms with Crippen LogP contribution in [-0.4, -0.2) is 12.6 Å². The third-order valence-electron chi connectivity index (χ3n) is 3.10. The minimum atomic E-state index is -0.0484. The van der Waals surface area contributed by atoms with Gasteiger partial charge in [-0.25, -0.2) is 0 Å². The number of rotatable bonds is 3. The predicted molar refractivity (Wildman–Crippen MR) is 63.6 cm³/mol. The first-order chi connectivity index (χ1) is 7.70. The van der Waals surface area contributed by atoms with Gasteiger partial charge in [-0.3, -0.25) is 4.79 Å². The van der Waals surface area contributed by atoms with E-state index in [-0.39, 0.29) is 11.9 Å². The Balaban J connectivity index is 1.88. The van der Waals surface area contributed by atoms with E-state index >= 15 is 0 Å². The van der Waals surface area contributed by atoms with E-state index in [1.807, 2.05) is 31.2 Å². The fraction of sp³-hybridized carbons (Fsp3) is 0.462. The zero-order valence-electron chi connectivity index (χ0n) is 9.28. The SMILES string of the molecule is CCOC(=O)[C@H]1C[C@@H](c2ccc(Cl)cc2)C1. The molecule has 0 saturated heterocycles. The third-order valence-corrected chi connectivity index (χ3v) is 3.35. The van der Waals surface area contributed by atoms with Crippen molar-refractivity contribution in [2.45, 2.75) is 25.7 Å². The molecule has 1 aromatic carbocycles. The van der Waals surface area contributed by atoms with Crippen LogP contribution in [0.4, 0.5) is 0 Å². The molecular formula is C13H15ClO2. The lowest BCUT2D eigenvalue weighted by molar-refractivity contribution is -0.151. The molecule has 2 nitrogen and oxygen atoms in total. The molecule has 86 valence electrons. The second kappa shape index (κ2) is 4.88. The summed E-state index contributed by atoms with van der Waals surface area (Å²) in [6.45, 7) is 2.31. The van der Waals surface area contributed by atoms with Crippen molar-refractivity contribution < 1.29 is 9.53 Å². The highest BCUT2D eigenvalue weighted by Crippen LogP contribution is 2.42. The Kier molecular flexibility index (Phi) is 3.49. The first kappa shape index (κ1) is 11.5. The molecule has 0 amide bonds. The summed E-state index contributed by atoms with van der Waals surface area (Å²) >= 11 is 5.82. The summed E-state index contributed by atoms with van der Waals surface area (Å²) in [5.41, 5.74) is 1.27. The summed E-state index contributed by atoms with van der Waals surface area (Å²) in [4.78, 5) is 11.4. The first-order valence-corrected chi connectivity index (χ1v) is 6.00. The number of hydrogen-bond donors (Lipinski definition) is 0. The second-order valence-corrected chi connectivity index (χ2v) is 4.61. The number of halogens is 1. The van der Waals surface area contributed by atoms with Crippen molar-refractivity contribution in [3.8, 4) is 0 Å². The number of esters is 1. The van der Waals surface area contributed by atoms with Crippen LogP contribution in [0.25, 0.3) is 0 Å². The van der Waals surface area contributed by atoms with Crippen LogP contribution in [0.3, 0.4) is 0 Å². The van der Waals surface area contributed by atoms with Crippen molar-refractivity contribution in [1.29, 1.82) is 0 Å². The van der Waals surface area contributed by atoms with Crippen molar-refractivity contribution in [2.75, 3.05) is 6.61 Å². The van der Waals surface area contributed by atoms with E-state index in [4.69, 9.17) is 16.3 Å². The minimum absolute atomic E-state index is 0.0484. The van der Waals surface area contributed by atoms with Gasteiger partial charge in [0, 0.05) is 5.02 Å². The molecule has 0 bridgehead atoms. The fourth-order valence-electron chi connectivity index (χ4n) is 2.08. The van der Waals surface area contributed by atoms with Crippen molar-refractivity contribution in [3.63, 3.8) is 0 Å². The van der Waals surface area contributed by atoms with Gasteiger partial charge in [0.1, 0.15) is 0 Å². The largest absolute Gasteiger partial charge is 0.466 e. The maximum atomic E-state index is 11.4. The number of carbonyl (C=O) groups is 1. The molecule has 0 atom stereocenters. The third kappa shape index (κ3) is 2.38. The average molecular weight is 239 g/mol. The van der Waals surface area contributed by atoms with Gasteiger partial charge in [-0.15, -0.1) is 0 Å². The minimum Gasteiger partial charge on any atom is -0.466 e. The number of benzene rings is 1. The van der Waals surface area contributed by atoms with Gasteiger partial charge in [0.05, 0.1) is 12.5 Å². The number of ether oxygens (including phenoxy) is 1. The quantitative estimate of drug-likeness (QED) is 0.755. The van der Waals surface area contributed by atoms with E-state index < -0.39 is 0 Å². The highest BCUT2D eigenvalue weighted by Gasteiger charge is 2.36. The van der Waals surface area contributed by atoms with Gasteiger partial charge in [-0.1, -0.05) is 23.7 Å². The lowest BCUT2D eigenvalue weighted by Crippen LogP contribution is -2.30. The topological polar surface area (TPSA) is 26.3 Å². The van der Waals surface area contributed by atoms with Gasteiger partial charge in [-0.2, -0.15) is 0 Å². The summed E-state index contributed by atoms with van der Waals surface area (Å²) in [5, 5.41) is 0.755. The molecule has 0 heterocycles. The Morgan fingerprint density at radius 3 is 2.56 bits per heavy atom. The van der Waals surface area contributed by atoms with Gasteiger partial charge in [0.15, 0.2) is 0 Å². The summed E-state index contributed by atoms with van der Waals surface area (Å²) in [5.74, 6) is 0.542. The van der Waals surface area contributed by atoms with Gasteiger partial charge >= 0.3 is 5.97 Å². The summed E-state index contributed by atoms with van der Waals surface area (Å²) in [6.07, 6.45) is 1.81. The molecule has 16 heavy (non-hydrogen) atoms. The van der Waals surface area contributed by atoms with E-state index in [1.165, 1.54) is 5.56 Å². The van der Waals surface area contributed by atoms with Crippen LogP contribution in [0, 0.1) is 5.92 Å². The molecule has 2 rings (SSSR count). The molecule has 0 unspecified atom stereocenters. The summed E-state index contributed by atoms with van der Waals surface area (Å²) in [6, 6.07) is 7.87. The zero-order chi connectivity index (χ0) is 11.5. The van der Waals surface area contributed by atoms with E-state index in [0.29, 0.717) is 12.5 Å². The Bertz CT molecular complexity index is 366. The Hall–Kier alpha value is -1.02. The predicted octanol–water partition coefficient (Wildman–Crippen LogP) is 3.40. The molecule has 1 aliphatic carbocycles. The van der Waals surface area contributed by atoms with Gasteiger partial charge in [-0.05, 0) is 43.4 Å². The molecule has 0 N–H and O–H groups in total. The van der Waals surface area contributed by atoms with Crippen LogP contribution in [0.2, 0.25) is 5.02 Å². The molecule has 0 aromatic heterocycles. The molecule has 0 radical (unpaired) electrons. The number of hydrogen-bond acceptors (Lipinski definition) is 2. The molecule has 0 spiro atoms. The van der Waals surface area contributed by atoms with Gasteiger partial charge in [0.2, 0.25) is 0 Å². The summed E-state index contributed by atoms with van der Waals surface area (Å²) < 4.78 is 4.99. The molecule has 3 heteroatoms. The van der Waals surface area contributed by atoms with Crippen molar-refractivity contribution in [1.82, 2.24) is 0 Å². The fourth-order valence-corrected chi connectivity index (χ4v) is 2.20. The monoisotopic (exact) mass is 238 g/mol. The van der Waals surface area contributed by atoms with Crippen LogP contribution in [-0.2, 0) is 9.53 Å². The molecule has 1 aliphatic rings. The highest BCUT2D eigenvalue weighted by molar-refractivity contribution is 6.30. The van der Waals surface area contributed by atoms with E-state index in [2.05, 4.69) is 0 Å². The molecule has 1 saturated carbocycles. The molecule has 1 aromatic rings. The van der Waals surface area contributed by atoms with Crippen molar-refractivity contribution in [3.05, 3.63) is 34.9 Å². The van der Waals surface area contributed by atoms with Gasteiger partial charge in [0.25, 0.3) is 0 Å². The van der Waals surface area contributed by atoms with Crippen LogP contribution in [0.1, 0.15) is 31.2 Å². The van der Waals surface area contributed by atoms with Crippen LogP contribution >= 0.6 is 11.6 Å². The van der Waals surface area contributed by atoms with E-state index in [0.717, 1.165) is 17.9 Å². The normalized spacial score (nSPS) is 23.6. The first-order valence-electron chi connectivity index (χ1n) is 5.62. The van der Waals surface area contributed by atoms with Crippen LogP contribution in [0.15, 0.2) is 24.3 Å². The van der Waals surface area contributed by atoms with Crippen molar-refractivity contribution in [2.24, 2.45) is 5.92 Å². The van der Waals surface area contributed by atoms with E-state index in [1.54, 1.807) is 0 Å². The molecule has 0 aliphatic heterocycles. The Labute approximate surface area is 101 Å². The van der Waals surface area contributed by atoms with E-state index in [9.17, 15) is 4.79 Å². The summed E-state index contributed by atoms with van der Waals surface area (Å²) in [7, 11) is 0. The second-order valence-electron chi connectivity index (χ2n) is 4.17. The van der Waals surface area contributed by atoms with Gasteiger partial charge < -0.3 is 4.74 Å². The zero-order valence-corrected chi connectivity index (χ0v) is 10.0. The lowest BCUT2D eigenvalue weighted by Gasteiger charge is -2.33. The Morgan fingerprint density at radius 2 is 2.00 bits per heavy atom. The standard InChI is InChI=1S/C13H15ClO2/c1-2-16-13(15)11-7-10(8-11)9-3-5-12(14)6-4-9/h3-6,10-11H,2,7-8H2,1H3/t10-,11+. The maximum absolute atomic E-state index is 11.4. The highest BCUT2D eigenvalue weighted by atomic mass is 35.5. The smallest absolute Gasteiger partial charge is 0.308 e. The Morgan fingerprint density at radius 1 is 1.38 bits per heavy atom. The lowest BCUT2D eigenvalue weighted by atomic mass is 9.71. The number of carbonyl (C=O) groups excluding carboxylic acids is 1.